The van der Waals surface area contributed by atoms with Crippen molar-refractivity contribution >= 4 is 15.9 Å². The van der Waals surface area contributed by atoms with E-state index in [0.29, 0.717) is 61.9 Å². The molecule has 0 radical (unpaired) electrons. The van der Waals surface area contributed by atoms with Crippen LogP contribution in [0.3, 0.4) is 0 Å². The van der Waals surface area contributed by atoms with Gasteiger partial charge in [-0.1, -0.05) is 19.4 Å². The first-order valence-electron chi connectivity index (χ1n) is 13.6. The second-order valence-electron chi connectivity index (χ2n) is 11.3. The number of ether oxygens (including phenoxy) is 1. The van der Waals surface area contributed by atoms with Crippen molar-refractivity contribution in [2.75, 3.05) is 13.2 Å². The van der Waals surface area contributed by atoms with Gasteiger partial charge in [-0.25, -0.2) is 13.1 Å². The number of benzene rings is 1. The summed E-state index contributed by atoms with van der Waals surface area (Å²) in [6.45, 7) is 8.52. The van der Waals surface area contributed by atoms with Crippen LogP contribution < -0.4 is 10.0 Å². The van der Waals surface area contributed by atoms with Gasteiger partial charge in [-0.15, -0.1) is 0 Å². The molecule has 1 aliphatic heterocycles. The van der Waals surface area contributed by atoms with Crippen molar-refractivity contribution in [1.82, 2.24) is 14.6 Å². The molecule has 4 rings (SSSR count). The lowest BCUT2D eigenvalue weighted by Crippen LogP contribution is -2.43. The summed E-state index contributed by atoms with van der Waals surface area (Å²) in [5.41, 5.74) is -0.384. The molecular formula is C28H38F3N3O4S. The van der Waals surface area contributed by atoms with Gasteiger partial charge in [0.15, 0.2) is 0 Å². The Bertz CT molecular complexity index is 1310. The van der Waals surface area contributed by atoms with E-state index in [1.807, 2.05) is 4.57 Å². The number of nitrogens with one attached hydrogen (secondary N) is 2. The Hall–Kier alpha value is -2.37. The van der Waals surface area contributed by atoms with Crippen molar-refractivity contribution in [2.24, 2.45) is 5.92 Å². The third kappa shape index (κ3) is 6.69. The van der Waals surface area contributed by atoms with E-state index >= 15 is 0 Å². The molecule has 1 amide bonds. The van der Waals surface area contributed by atoms with Crippen LogP contribution in [-0.2, 0) is 27.5 Å². The number of hydrogen-bond acceptors (Lipinski definition) is 4. The Morgan fingerprint density at radius 2 is 1.77 bits per heavy atom. The zero-order valence-electron chi connectivity index (χ0n) is 23.0. The summed E-state index contributed by atoms with van der Waals surface area (Å²) in [4.78, 5) is 12.4. The molecule has 11 heteroatoms. The number of aromatic nitrogens is 1. The van der Waals surface area contributed by atoms with Gasteiger partial charge >= 0.3 is 6.18 Å². The largest absolute Gasteiger partial charge is 0.417 e. The van der Waals surface area contributed by atoms with Crippen LogP contribution in [0.4, 0.5) is 13.2 Å². The summed E-state index contributed by atoms with van der Waals surface area (Å²) >= 11 is 0. The fraction of sp³-hybridized carbons (Fsp3) is 0.607. The molecule has 2 N–H and O–H groups in total. The minimum Gasteiger partial charge on any atom is -0.381 e. The van der Waals surface area contributed by atoms with Crippen molar-refractivity contribution in [3.8, 4) is 11.3 Å². The van der Waals surface area contributed by atoms with Gasteiger partial charge in [0.1, 0.15) is 0 Å². The molecule has 0 unspecified atom stereocenters. The van der Waals surface area contributed by atoms with E-state index in [9.17, 15) is 26.4 Å². The number of nitrogens with zero attached hydrogens (tertiary/aromatic N) is 1. The molecule has 2 fully saturated rings. The number of halogens is 3. The minimum absolute atomic E-state index is 0.0229. The SMILES string of the molecule is CCC(C)(C)NS(=O)(=O)c1ccc(-c2cc(C(=O)NC3CCOCC3)c(C)n2CC2CCC2)cc1C(F)(F)F. The van der Waals surface area contributed by atoms with Crippen LogP contribution in [0.2, 0.25) is 0 Å². The summed E-state index contributed by atoms with van der Waals surface area (Å²) in [5, 5.41) is 3.04. The van der Waals surface area contributed by atoms with Crippen LogP contribution in [0.1, 0.15) is 80.9 Å². The van der Waals surface area contributed by atoms with Gasteiger partial charge in [-0.3, -0.25) is 4.79 Å². The van der Waals surface area contributed by atoms with Gasteiger partial charge in [-0.2, -0.15) is 13.2 Å². The highest BCUT2D eigenvalue weighted by Crippen LogP contribution is 2.39. The summed E-state index contributed by atoms with van der Waals surface area (Å²) in [7, 11) is -4.45. The lowest BCUT2D eigenvalue weighted by Gasteiger charge is -2.28. The Morgan fingerprint density at radius 1 is 1.10 bits per heavy atom. The monoisotopic (exact) mass is 569 g/mol. The molecule has 1 aliphatic carbocycles. The molecule has 2 aromatic rings. The average Bonchev–Trinajstić information content (AvgIpc) is 3.16. The van der Waals surface area contributed by atoms with Crippen molar-refractivity contribution in [1.29, 1.82) is 0 Å². The maximum absolute atomic E-state index is 14.3. The average molecular weight is 570 g/mol. The van der Waals surface area contributed by atoms with Crippen molar-refractivity contribution in [3.05, 3.63) is 41.1 Å². The van der Waals surface area contributed by atoms with E-state index in [1.54, 1.807) is 33.8 Å². The molecule has 7 nitrogen and oxygen atoms in total. The van der Waals surface area contributed by atoms with Crippen LogP contribution in [0.15, 0.2) is 29.2 Å². The molecule has 1 aromatic carbocycles. The first-order valence-corrected chi connectivity index (χ1v) is 15.0. The van der Waals surface area contributed by atoms with E-state index in [1.165, 1.54) is 6.07 Å². The fourth-order valence-corrected chi connectivity index (χ4v) is 6.72. The Morgan fingerprint density at radius 3 is 2.33 bits per heavy atom. The van der Waals surface area contributed by atoms with Gasteiger partial charge in [0.2, 0.25) is 10.0 Å². The van der Waals surface area contributed by atoms with Gasteiger partial charge < -0.3 is 14.6 Å². The quantitative estimate of drug-likeness (QED) is 0.408. The molecule has 1 aromatic heterocycles. The standard InChI is InChI=1S/C28H38F3N3O4S/c1-5-27(3,4)33-39(36,37)25-10-9-20(15-23(25)28(29,30)31)24-16-22(18(2)34(24)17-19-7-6-8-19)26(35)32-21-11-13-38-14-12-21/h9-10,15-16,19,21,33H,5-8,11-14,17H2,1-4H3,(H,32,35). The minimum atomic E-state index is -4.90. The first kappa shape index (κ1) is 29.6. The molecular weight excluding hydrogens is 531 g/mol. The highest BCUT2D eigenvalue weighted by Gasteiger charge is 2.39. The third-order valence-electron chi connectivity index (χ3n) is 8.00. The van der Waals surface area contributed by atoms with Crippen molar-refractivity contribution in [2.45, 2.75) is 95.4 Å². The maximum atomic E-state index is 14.3. The number of carbonyl (C=O) groups is 1. The predicted molar refractivity (Wildman–Crippen MR) is 143 cm³/mol. The summed E-state index contributed by atoms with van der Waals surface area (Å²) in [5.74, 6) is 0.109. The molecule has 0 bridgehead atoms. The van der Waals surface area contributed by atoms with E-state index in [-0.39, 0.29) is 17.5 Å². The number of alkyl halides is 3. The first-order chi connectivity index (χ1) is 18.2. The van der Waals surface area contributed by atoms with Gasteiger partial charge in [-0.05, 0) is 82.6 Å². The molecule has 216 valence electrons. The second-order valence-corrected chi connectivity index (χ2v) is 13.0. The molecule has 0 atom stereocenters. The maximum Gasteiger partial charge on any atom is 0.417 e. The number of sulfonamides is 1. The van der Waals surface area contributed by atoms with Gasteiger partial charge in [0, 0.05) is 42.7 Å². The second kappa shape index (κ2) is 11.2. The highest BCUT2D eigenvalue weighted by atomic mass is 32.2. The Labute approximate surface area is 228 Å². The summed E-state index contributed by atoms with van der Waals surface area (Å²) < 4.78 is 78.5. The van der Waals surface area contributed by atoms with E-state index < -0.39 is 32.2 Å². The summed E-state index contributed by atoms with van der Waals surface area (Å²) in [6.07, 6.45) is 0.0409. The summed E-state index contributed by atoms with van der Waals surface area (Å²) in [6, 6.07) is 4.91. The van der Waals surface area contributed by atoms with E-state index in [2.05, 4.69) is 10.0 Å². The third-order valence-corrected chi connectivity index (χ3v) is 9.75. The molecule has 2 aliphatic rings. The Balaban J connectivity index is 1.77. The number of carbonyl (C=O) groups excluding carboxylic acids is 1. The lowest BCUT2D eigenvalue weighted by molar-refractivity contribution is -0.139. The van der Waals surface area contributed by atoms with Crippen LogP contribution in [-0.4, -0.2) is 43.7 Å². The zero-order chi connectivity index (χ0) is 28.6. The molecule has 39 heavy (non-hydrogen) atoms. The zero-order valence-corrected chi connectivity index (χ0v) is 23.8. The molecule has 2 heterocycles. The van der Waals surface area contributed by atoms with E-state index in [0.717, 1.165) is 31.4 Å². The number of rotatable bonds is 9. The number of hydrogen-bond donors (Lipinski definition) is 2. The van der Waals surface area contributed by atoms with Crippen LogP contribution in [0, 0.1) is 12.8 Å². The highest BCUT2D eigenvalue weighted by molar-refractivity contribution is 7.89. The van der Waals surface area contributed by atoms with Crippen LogP contribution in [0.25, 0.3) is 11.3 Å². The van der Waals surface area contributed by atoms with E-state index in [4.69, 9.17) is 4.74 Å². The smallest absolute Gasteiger partial charge is 0.381 e. The van der Waals surface area contributed by atoms with Gasteiger partial charge in [0.25, 0.3) is 5.91 Å². The number of amides is 1. The Kier molecular flexibility index (Phi) is 8.54. The predicted octanol–water partition coefficient (Wildman–Crippen LogP) is 5.66. The molecule has 0 spiro atoms. The van der Waals surface area contributed by atoms with Crippen molar-refractivity contribution < 1.29 is 31.1 Å². The van der Waals surface area contributed by atoms with Crippen LogP contribution >= 0.6 is 0 Å². The topological polar surface area (TPSA) is 89.4 Å². The van der Waals surface area contributed by atoms with Crippen molar-refractivity contribution in [3.63, 3.8) is 0 Å². The lowest BCUT2D eigenvalue weighted by atomic mass is 9.85. The van der Waals surface area contributed by atoms with Crippen LogP contribution in [0.5, 0.6) is 0 Å². The molecule has 1 saturated carbocycles. The van der Waals surface area contributed by atoms with Gasteiger partial charge in [0.05, 0.1) is 16.0 Å². The fourth-order valence-electron chi connectivity index (χ4n) is 5.02. The molecule has 1 saturated heterocycles. The normalized spacial score (nSPS) is 17.7.